The van der Waals surface area contributed by atoms with E-state index in [0.717, 1.165) is 37.1 Å². The third kappa shape index (κ3) is 6.20. The molecule has 24 heavy (non-hydrogen) atoms. The summed E-state index contributed by atoms with van der Waals surface area (Å²) in [6, 6.07) is 7.56. The molecule has 1 atom stereocenters. The predicted molar refractivity (Wildman–Crippen MR) is 90.7 cm³/mol. The second-order valence-corrected chi connectivity index (χ2v) is 5.89. The fourth-order valence-electron chi connectivity index (χ4n) is 2.60. The van der Waals surface area contributed by atoms with Crippen molar-refractivity contribution in [3.05, 3.63) is 29.8 Å². The summed E-state index contributed by atoms with van der Waals surface area (Å²) in [6.07, 6.45) is 4.14. The normalized spacial score (nSPS) is 17.1. The van der Waals surface area contributed by atoms with Gasteiger partial charge in [0, 0.05) is 13.0 Å². The highest BCUT2D eigenvalue weighted by Gasteiger charge is 2.19. The zero-order valence-electron chi connectivity index (χ0n) is 14.2. The number of benzene rings is 1. The summed E-state index contributed by atoms with van der Waals surface area (Å²) < 4.78 is 10.1. The highest BCUT2D eigenvalue weighted by Crippen LogP contribution is 2.13. The molecule has 1 aliphatic heterocycles. The molecule has 1 unspecified atom stereocenters. The average Bonchev–Trinajstić information content (AvgIpc) is 2.64. The molecular weight excluding hydrogens is 308 g/mol. The fourth-order valence-corrected chi connectivity index (χ4v) is 2.60. The van der Waals surface area contributed by atoms with Crippen molar-refractivity contribution in [2.75, 3.05) is 20.3 Å². The predicted octanol–water partition coefficient (Wildman–Crippen LogP) is 1.78. The number of hydrogen-bond acceptors (Lipinski definition) is 5. The van der Waals surface area contributed by atoms with Gasteiger partial charge in [-0.1, -0.05) is 18.6 Å². The number of rotatable bonds is 8. The van der Waals surface area contributed by atoms with Crippen molar-refractivity contribution in [3.8, 4) is 5.75 Å². The molecule has 2 rings (SSSR count). The fraction of sp³-hybridized carbons (Fsp3) is 0.556. The Hall–Kier alpha value is -2.08. The van der Waals surface area contributed by atoms with Crippen molar-refractivity contribution < 1.29 is 19.1 Å². The van der Waals surface area contributed by atoms with Gasteiger partial charge >= 0.3 is 5.97 Å². The Kier molecular flexibility index (Phi) is 7.55. The van der Waals surface area contributed by atoms with Crippen molar-refractivity contribution in [1.29, 1.82) is 0 Å². The van der Waals surface area contributed by atoms with Gasteiger partial charge in [0.15, 0.2) is 0 Å². The first-order valence-corrected chi connectivity index (χ1v) is 8.48. The number of esters is 1. The van der Waals surface area contributed by atoms with E-state index in [-0.39, 0.29) is 17.9 Å². The lowest BCUT2D eigenvalue weighted by molar-refractivity contribution is -0.140. The van der Waals surface area contributed by atoms with Gasteiger partial charge in [0.1, 0.15) is 5.75 Å². The van der Waals surface area contributed by atoms with Crippen LogP contribution >= 0.6 is 0 Å². The minimum atomic E-state index is -0.225. The lowest BCUT2D eigenvalue weighted by atomic mass is 10.0. The zero-order chi connectivity index (χ0) is 17.2. The second kappa shape index (κ2) is 9.93. The molecule has 1 aliphatic rings. The number of hydrogen-bond donors (Lipinski definition) is 2. The molecule has 1 fully saturated rings. The molecule has 6 heteroatoms. The van der Waals surface area contributed by atoms with Crippen LogP contribution < -0.4 is 15.4 Å². The van der Waals surface area contributed by atoms with Gasteiger partial charge in [-0.2, -0.15) is 0 Å². The molecule has 132 valence electrons. The maximum Gasteiger partial charge on any atom is 0.305 e. The molecule has 1 amide bonds. The van der Waals surface area contributed by atoms with E-state index in [4.69, 9.17) is 4.74 Å². The van der Waals surface area contributed by atoms with Crippen molar-refractivity contribution in [2.45, 2.75) is 44.7 Å². The summed E-state index contributed by atoms with van der Waals surface area (Å²) >= 11 is 0. The largest absolute Gasteiger partial charge is 0.494 e. The maximum absolute atomic E-state index is 12.1. The smallest absolute Gasteiger partial charge is 0.305 e. The Bertz CT molecular complexity index is 524. The van der Waals surface area contributed by atoms with Crippen LogP contribution in [0.15, 0.2) is 24.3 Å². The molecular formula is C18H26N2O4. The number of amides is 1. The van der Waals surface area contributed by atoms with E-state index in [1.807, 2.05) is 24.3 Å². The summed E-state index contributed by atoms with van der Waals surface area (Å²) in [4.78, 5) is 23.0. The maximum atomic E-state index is 12.1. The van der Waals surface area contributed by atoms with Crippen LogP contribution in [0.3, 0.4) is 0 Å². The molecule has 0 spiro atoms. The number of carbonyl (C=O) groups excluding carboxylic acids is 2. The van der Waals surface area contributed by atoms with Crippen LogP contribution in [-0.4, -0.2) is 38.2 Å². The third-order valence-corrected chi connectivity index (χ3v) is 4.04. The molecule has 1 aromatic carbocycles. The van der Waals surface area contributed by atoms with Gasteiger partial charge in [0.05, 0.1) is 19.8 Å². The monoisotopic (exact) mass is 334 g/mol. The summed E-state index contributed by atoms with van der Waals surface area (Å²) in [5.74, 6) is 0.596. The molecule has 1 heterocycles. The number of nitrogens with one attached hydrogen (secondary N) is 2. The van der Waals surface area contributed by atoms with Gasteiger partial charge in [-0.15, -0.1) is 0 Å². The zero-order valence-corrected chi connectivity index (χ0v) is 14.2. The topological polar surface area (TPSA) is 76.7 Å². The van der Waals surface area contributed by atoms with E-state index in [1.54, 1.807) is 0 Å². The van der Waals surface area contributed by atoms with Gasteiger partial charge in [-0.05, 0) is 43.5 Å². The molecule has 1 aromatic rings. The molecule has 6 nitrogen and oxygen atoms in total. The summed E-state index contributed by atoms with van der Waals surface area (Å²) in [5, 5.41) is 6.21. The van der Waals surface area contributed by atoms with Crippen molar-refractivity contribution in [2.24, 2.45) is 0 Å². The SMILES string of the molecule is COC(=O)CCCOc1ccc(CNC(=O)C2CCCCN2)cc1. The van der Waals surface area contributed by atoms with E-state index in [1.165, 1.54) is 7.11 Å². The van der Waals surface area contributed by atoms with E-state index in [0.29, 0.717) is 26.0 Å². The first kappa shape index (κ1) is 18.3. The lowest BCUT2D eigenvalue weighted by Gasteiger charge is -2.22. The second-order valence-electron chi connectivity index (χ2n) is 5.89. The van der Waals surface area contributed by atoms with E-state index < -0.39 is 0 Å². The van der Waals surface area contributed by atoms with Crippen molar-refractivity contribution in [3.63, 3.8) is 0 Å². The van der Waals surface area contributed by atoms with Crippen molar-refractivity contribution >= 4 is 11.9 Å². The quantitative estimate of drug-likeness (QED) is 0.560. The highest BCUT2D eigenvalue weighted by molar-refractivity contribution is 5.81. The standard InChI is InChI=1S/C18H26N2O4/c1-23-17(21)6-4-12-24-15-9-7-14(8-10-15)13-20-18(22)16-5-2-3-11-19-16/h7-10,16,19H,2-6,11-13H2,1H3,(H,20,22). The lowest BCUT2D eigenvalue weighted by Crippen LogP contribution is -2.46. The van der Waals surface area contributed by atoms with Crippen LogP contribution in [0.1, 0.15) is 37.7 Å². The van der Waals surface area contributed by atoms with Crippen LogP contribution in [0.2, 0.25) is 0 Å². The highest BCUT2D eigenvalue weighted by atomic mass is 16.5. The summed E-state index contributed by atoms with van der Waals surface area (Å²) in [5.41, 5.74) is 1.03. The van der Waals surface area contributed by atoms with E-state index in [2.05, 4.69) is 15.4 Å². The van der Waals surface area contributed by atoms with Gasteiger partial charge < -0.3 is 20.1 Å². The van der Waals surface area contributed by atoms with Crippen LogP contribution in [0.5, 0.6) is 5.75 Å². The first-order chi connectivity index (χ1) is 11.7. The average molecular weight is 334 g/mol. The minimum Gasteiger partial charge on any atom is -0.494 e. The first-order valence-electron chi connectivity index (χ1n) is 8.48. The molecule has 0 bridgehead atoms. The Morgan fingerprint density at radius 1 is 1.25 bits per heavy atom. The van der Waals surface area contributed by atoms with E-state index in [9.17, 15) is 9.59 Å². The Balaban J connectivity index is 1.67. The molecule has 0 aliphatic carbocycles. The molecule has 0 radical (unpaired) electrons. The summed E-state index contributed by atoms with van der Waals surface area (Å²) in [7, 11) is 1.38. The molecule has 0 saturated carbocycles. The van der Waals surface area contributed by atoms with Gasteiger partial charge in [-0.25, -0.2) is 0 Å². The molecule has 1 saturated heterocycles. The molecule has 0 aromatic heterocycles. The Morgan fingerprint density at radius 3 is 2.71 bits per heavy atom. The van der Waals surface area contributed by atoms with Crippen LogP contribution in [0, 0.1) is 0 Å². The number of carbonyl (C=O) groups is 2. The van der Waals surface area contributed by atoms with Crippen LogP contribution in [-0.2, 0) is 20.9 Å². The Labute approximate surface area is 142 Å². The molecule has 2 N–H and O–H groups in total. The number of piperidine rings is 1. The van der Waals surface area contributed by atoms with Gasteiger partial charge in [-0.3, -0.25) is 9.59 Å². The van der Waals surface area contributed by atoms with Crippen LogP contribution in [0.25, 0.3) is 0 Å². The summed E-state index contributed by atoms with van der Waals surface area (Å²) in [6.45, 7) is 1.90. The minimum absolute atomic E-state index is 0.0591. The van der Waals surface area contributed by atoms with Gasteiger partial charge in [0.2, 0.25) is 5.91 Å². The number of methoxy groups -OCH3 is 1. The van der Waals surface area contributed by atoms with Crippen LogP contribution in [0.4, 0.5) is 0 Å². The van der Waals surface area contributed by atoms with Gasteiger partial charge in [0.25, 0.3) is 0 Å². The third-order valence-electron chi connectivity index (χ3n) is 4.04. The number of ether oxygens (including phenoxy) is 2. The van der Waals surface area contributed by atoms with Crippen molar-refractivity contribution in [1.82, 2.24) is 10.6 Å². The van der Waals surface area contributed by atoms with E-state index >= 15 is 0 Å². The Morgan fingerprint density at radius 2 is 2.04 bits per heavy atom.